The van der Waals surface area contributed by atoms with Crippen LogP contribution in [0, 0.1) is 0 Å². The number of carboxylic acid groups (broad SMARTS) is 1. The van der Waals surface area contributed by atoms with Crippen LogP contribution in [0.5, 0.6) is 0 Å². The molecule has 0 atom stereocenters. The van der Waals surface area contributed by atoms with Gasteiger partial charge in [0.15, 0.2) is 0 Å². The number of amides is 1. The lowest BCUT2D eigenvalue weighted by Crippen LogP contribution is -2.29. The molecule has 1 saturated heterocycles. The van der Waals surface area contributed by atoms with Crippen LogP contribution in [0.1, 0.15) is 18.4 Å². The molecule has 0 aliphatic carbocycles. The van der Waals surface area contributed by atoms with Crippen molar-refractivity contribution in [3.8, 4) is 11.1 Å². The minimum atomic E-state index is -0.891. The van der Waals surface area contributed by atoms with Gasteiger partial charge in [-0.15, -0.1) is 0 Å². The molecule has 2 aromatic carbocycles. The van der Waals surface area contributed by atoms with Crippen LogP contribution < -0.4 is 0 Å². The van der Waals surface area contributed by atoms with Crippen molar-refractivity contribution in [1.29, 1.82) is 0 Å². The number of rotatable bonds is 6. The highest BCUT2D eigenvalue weighted by molar-refractivity contribution is 8.26. The summed E-state index contributed by atoms with van der Waals surface area (Å²) in [7, 11) is 0. The Hall–Kier alpha value is -1.86. The molecule has 0 saturated carbocycles. The van der Waals surface area contributed by atoms with Gasteiger partial charge in [-0.2, -0.15) is 0 Å². The Morgan fingerprint density at radius 3 is 2.75 bits per heavy atom. The van der Waals surface area contributed by atoms with E-state index in [0.29, 0.717) is 32.2 Å². The Kier molecular flexibility index (Phi) is 6.78. The topological polar surface area (TPSA) is 57.6 Å². The standard InChI is InChI=1S/C20H15Cl2NO3S2/c21-14-6-7-16(22)15(11-14)13-4-1-3-12(9-13)10-17-19(26)23(20(27)28-17)8-2-5-18(24)25/h1,3-4,6-7,9-11H,2,5,8H2,(H,24,25). The maximum absolute atomic E-state index is 12.6. The van der Waals surface area contributed by atoms with E-state index in [4.69, 9.17) is 40.5 Å². The summed E-state index contributed by atoms with van der Waals surface area (Å²) in [6, 6.07) is 12.9. The fourth-order valence-corrected chi connectivity index (χ4v) is 4.45. The van der Waals surface area contributed by atoms with Gasteiger partial charge in [-0.3, -0.25) is 14.5 Å². The molecule has 0 radical (unpaired) electrons. The molecule has 0 aromatic heterocycles. The number of aliphatic carboxylic acids is 1. The number of hydrogen-bond acceptors (Lipinski definition) is 4. The Labute approximate surface area is 182 Å². The van der Waals surface area contributed by atoms with Crippen molar-refractivity contribution in [2.75, 3.05) is 6.54 Å². The molecule has 0 bridgehead atoms. The Balaban J connectivity index is 1.82. The van der Waals surface area contributed by atoms with E-state index < -0.39 is 5.97 Å². The van der Waals surface area contributed by atoms with E-state index in [1.54, 1.807) is 24.3 Å². The van der Waals surface area contributed by atoms with E-state index in [1.807, 2.05) is 24.3 Å². The maximum atomic E-state index is 12.6. The fourth-order valence-electron chi connectivity index (χ4n) is 2.75. The van der Waals surface area contributed by atoms with E-state index >= 15 is 0 Å². The SMILES string of the molecule is O=C(O)CCCN1C(=O)C(=Cc2cccc(-c3cc(Cl)ccc3Cl)c2)SC1=S. The first-order chi connectivity index (χ1) is 13.3. The van der Waals surface area contributed by atoms with Crippen LogP contribution in [0.3, 0.4) is 0 Å². The normalized spacial score (nSPS) is 15.5. The number of carbonyl (C=O) groups excluding carboxylic acids is 1. The molecule has 0 spiro atoms. The lowest BCUT2D eigenvalue weighted by molar-refractivity contribution is -0.137. The molecule has 4 nitrogen and oxygen atoms in total. The van der Waals surface area contributed by atoms with Crippen molar-refractivity contribution in [2.45, 2.75) is 12.8 Å². The molecule has 8 heteroatoms. The van der Waals surface area contributed by atoms with Crippen LogP contribution in [-0.2, 0) is 9.59 Å². The molecule has 3 rings (SSSR count). The van der Waals surface area contributed by atoms with Gasteiger partial charge in [0, 0.05) is 28.6 Å². The largest absolute Gasteiger partial charge is 0.481 e. The minimum Gasteiger partial charge on any atom is -0.481 e. The summed E-state index contributed by atoms with van der Waals surface area (Å²) in [5.74, 6) is -1.09. The predicted octanol–water partition coefficient (Wildman–Crippen LogP) is 5.73. The molecule has 1 amide bonds. The number of benzene rings is 2. The number of carboxylic acids is 1. The molecule has 1 aliphatic rings. The second-order valence-corrected chi connectivity index (χ2v) is 8.60. The highest BCUT2D eigenvalue weighted by atomic mass is 35.5. The van der Waals surface area contributed by atoms with E-state index in [-0.39, 0.29) is 12.3 Å². The smallest absolute Gasteiger partial charge is 0.303 e. The molecule has 1 N–H and O–H groups in total. The molecule has 1 heterocycles. The third kappa shape index (κ3) is 4.94. The van der Waals surface area contributed by atoms with Gasteiger partial charge >= 0.3 is 5.97 Å². The third-order valence-corrected chi connectivity index (χ3v) is 6.01. The monoisotopic (exact) mass is 451 g/mol. The summed E-state index contributed by atoms with van der Waals surface area (Å²) in [6.07, 6.45) is 2.13. The predicted molar refractivity (Wildman–Crippen MR) is 119 cm³/mol. The second kappa shape index (κ2) is 9.09. The average Bonchev–Trinajstić information content (AvgIpc) is 2.91. The van der Waals surface area contributed by atoms with E-state index in [2.05, 4.69) is 0 Å². The summed E-state index contributed by atoms with van der Waals surface area (Å²) < 4.78 is 0.440. The molecular formula is C20H15Cl2NO3S2. The van der Waals surface area contributed by atoms with Crippen LogP contribution in [-0.4, -0.2) is 32.7 Å². The van der Waals surface area contributed by atoms with Gasteiger partial charge in [-0.1, -0.05) is 65.4 Å². The third-order valence-electron chi connectivity index (χ3n) is 4.07. The Bertz CT molecular complexity index is 991. The first-order valence-electron chi connectivity index (χ1n) is 8.38. The lowest BCUT2D eigenvalue weighted by Gasteiger charge is -2.13. The number of nitrogens with zero attached hydrogens (tertiary/aromatic N) is 1. The van der Waals surface area contributed by atoms with Gasteiger partial charge in [0.25, 0.3) is 5.91 Å². The van der Waals surface area contributed by atoms with Crippen molar-refractivity contribution in [2.24, 2.45) is 0 Å². The Morgan fingerprint density at radius 1 is 1.21 bits per heavy atom. The van der Waals surface area contributed by atoms with E-state index in [0.717, 1.165) is 16.7 Å². The molecule has 2 aromatic rings. The van der Waals surface area contributed by atoms with Crippen molar-refractivity contribution in [1.82, 2.24) is 4.90 Å². The van der Waals surface area contributed by atoms with Crippen LogP contribution in [0.15, 0.2) is 47.4 Å². The Morgan fingerprint density at radius 2 is 2.00 bits per heavy atom. The van der Waals surface area contributed by atoms with Crippen LogP contribution in [0.4, 0.5) is 0 Å². The first-order valence-corrected chi connectivity index (χ1v) is 10.4. The highest BCUT2D eigenvalue weighted by Crippen LogP contribution is 2.34. The van der Waals surface area contributed by atoms with E-state index in [9.17, 15) is 9.59 Å². The van der Waals surface area contributed by atoms with E-state index in [1.165, 1.54) is 16.7 Å². The molecular weight excluding hydrogens is 437 g/mol. The fraction of sp³-hybridized carbons (Fsp3) is 0.150. The first kappa shape index (κ1) is 20.9. The summed E-state index contributed by atoms with van der Waals surface area (Å²) in [5.41, 5.74) is 2.53. The highest BCUT2D eigenvalue weighted by Gasteiger charge is 2.31. The second-order valence-electron chi connectivity index (χ2n) is 6.08. The van der Waals surface area contributed by atoms with Gasteiger partial charge in [0.2, 0.25) is 0 Å². The van der Waals surface area contributed by atoms with Crippen molar-refractivity contribution < 1.29 is 14.7 Å². The molecule has 0 unspecified atom stereocenters. The summed E-state index contributed by atoms with van der Waals surface area (Å²) in [6.45, 7) is 0.298. The quantitative estimate of drug-likeness (QED) is 0.448. The lowest BCUT2D eigenvalue weighted by atomic mass is 10.0. The summed E-state index contributed by atoms with van der Waals surface area (Å²) in [4.78, 5) is 25.2. The van der Waals surface area contributed by atoms with Crippen molar-refractivity contribution in [3.63, 3.8) is 0 Å². The van der Waals surface area contributed by atoms with Gasteiger partial charge in [0.1, 0.15) is 4.32 Å². The maximum Gasteiger partial charge on any atom is 0.303 e. The van der Waals surface area contributed by atoms with Gasteiger partial charge in [0.05, 0.1) is 4.91 Å². The number of halogens is 2. The molecule has 144 valence electrons. The van der Waals surface area contributed by atoms with Crippen LogP contribution in [0.2, 0.25) is 10.0 Å². The van der Waals surface area contributed by atoms with Crippen LogP contribution >= 0.6 is 47.2 Å². The zero-order chi connectivity index (χ0) is 20.3. The van der Waals surface area contributed by atoms with Crippen LogP contribution in [0.25, 0.3) is 17.2 Å². The summed E-state index contributed by atoms with van der Waals surface area (Å²) >= 11 is 18.9. The average molecular weight is 452 g/mol. The van der Waals surface area contributed by atoms with Gasteiger partial charge in [-0.25, -0.2) is 0 Å². The van der Waals surface area contributed by atoms with Gasteiger partial charge < -0.3 is 5.11 Å². The minimum absolute atomic E-state index is 0.00144. The van der Waals surface area contributed by atoms with Crippen molar-refractivity contribution in [3.05, 3.63) is 63.0 Å². The van der Waals surface area contributed by atoms with Gasteiger partial charge in [-0.05, 0) is 47.9 Å². The number of carbonyl (C=O) groups is 2. The summed E-state index contributed by atoms with van der Waals surface area (Å²) in [5, 5.41) is 9.93. The zero-order valence-corrected chi connectivity index (χ0v) is 17.7. The zero-order valence-electron chi connectivity index (χ0n) is 14.5. The number of thiocarbonyl (C=S) groups is 1. The molecule has 1 aliphatic heterocycles. The molecule has 1 fully saturated rings. The number of thioether (sulfide) groups is 1. The number of hydrogen-bond donors (Lipinski definition) is 1. The molecule has 28 heavy (non-hydrogen) atoms. The van der Waals surface area contributed by atoms with Crippen molar-refractivity contribution >= 4 is 69.5 Å².